The van der Waals surface area contributed by atoms with Crippen molar-refractivity contribution >= 4 is 5.97 Å². The molecule has 94 valence electrons. The van der Waals surface area contributed by atoms with Gasteiger partial charge in [-0.25, -0.2) is 0 Å². The van der Waals surface area contributed by atoms with E-state index in [9.17, 15) is 4.79 Å². The van der Waals surface area contributed by atoms with E-state index in [-0.39, 0.29) is 5.97 Å². The van der Waals surface area contributed by atoms with E-state index in [0.717, 1.165) is 26.1 Å². The lowest BCUT2D eigenvalue weighted by Crippen LogP contribution is -2.47. The molecule has 0 spiro atoms. The quantitative estimate of drug-likeness (QED) is 0.544. The molecule has 16 heavy (non-hydrogen) atoms. The number of hydrogen-bond donors (Lipinski definition) is 1. The number of nitrogens with one attached hydrogen (secondary N) is 1. The monoisotopic (exact) mass is 228 g/mol. The number of nitrogens with zero attached hydrogens (tertiary/aromatic N) is 1. The second-order valence-electron chi connectivity index (χ2n) is 4.40. The van der Waals surface area contributed by atoms with Gasteiger partial charge in [-0.1, -0.05) is 13.3 Å². The summed E-state index contributed by atoms with van der Waals surface area (Å²) in [4.78, 5) is 13.5. The van der Waals surface area contributed by atoms with E-state index in [0.29, 0.717) is 12.6 Å². The van der Waals surface area contributed by atoms with Crippen molar-refractivity contribution in [2.75, 3.05) is 33.3 Å². The first-order valence-electron chi connectivity index (χ1n) is 6.29. The van der Waals surface area contributed by atoms with E-state index in [1.165, 1.54) is 26.4 Å². The van der Waals surface area contributed by atoms with Gasteiger partial charge in [0.25, 0.3) is 0 Å². The molecule has 4 heteroatoms. The Labute approximate surface area is 98.3 Å². The normalized spacial score (nSPS) is 22.0. The van der Waals surface area contributed by atoms with E-state index < -0.39 is 0 Å². The highest BCUT2D eigenvalue weighted by atomic mass is 16.5. The number of ether oxygens (including phenoxy) is 1. The van der Waals surface area contributed by atoms with Crippen LogP contribution in [-0.4, -0.2) is 50.2 Å². The fourth-order valence-corrected chi connectivity index (χ4v) is 2.18. The SMILES string of the molecule is CCCNCC1CCCCN1CC(=O)OC. The van der Waals surface area contributed by atoms with Crippen molar-refractivity contribution in [3.05, 3.63) is 0 Å². The van der Waals surface area contributed by atoms with E-state index in [4.69, 9.17) is 4.74 Å². The van der Waals surface area contributed by atoms with Crippen molar-refractivity contribution < 1.29 is 9.53 Å². The molecule has 1 saturated heterocycles. The summed E-state index contributed by atoms with van der Waals surface area (Å²) in [6.07, 6.45) is 4.81. The lowest BCUT2D eigenvalue weighted by molar-refractivity contribution is -0.142. The first-order valence-corrected chi connectivity index (χ1v) is 6.29. The first-order chi connectivity index (χ1) is 7.77. The number of likely N-dealkylation sites (tertiary alicyclic amines) is 1. The van der Waals surface area contributed by atoms with E-state index in [2.05, 4.69) is 17.1 Å². The standard InChI is InChI=1S/C12H24N2O2/c1-3-7-13-9-11-6-4-5-8-14(11)10-12(15)16-2/h11,13H,3-10H2,1-2H3. The van der Waals surface area contributed by atoms with Gasteiger partial charge in [0, 0.05) is 12.6 Å². The second-order valence-corrected chi connectivity index (χ2v) is 4.40. The number of carbonyl (C=O) groups excluding carboxylic acids is 1. The largest absolute Gasteiger partial charge is 0.468 e. The molecule has 0 amide bonds. The maximum absolute atomic E-state index is 11.3. The Morgan fingerprint density at radius 3 is 3.00 bits per heavy atom. The smallest absolute Gasteiger partial charge is 0.319 e. The van der Waals surface area contributed by atoms with Crippen LogP contribution >= 0.6 is 0 Å². The molecule has 0 aliphatic carbocycles. The van der Waals surface area contributed by atoms with Gasteiger partial charge in [0.2, 0.25) is 0 Å². The zero-order valence-corrected chi connectivity index (χ0v) is 10.5. The summed E-state index contributed by atoms with van der Waals surface area (Å²) in [5.41, 5.74) is 0. The maximum atomic E-state index is 11.3. The van der Waals surface area contributed by atoms with E-state index in [1.54, 1.807) is 0 Å². The lowest BCUT2D eigenvalue weighted by Gasteiger charge is -2.34. The molecular formula is C12H24N2O2. The second kappa shape index (κ2) is 7.63. The van der Waals surface area contributed by atoms with Gasteiger partial charge in [-0.2, -0.15) is 0 Å². The molecule has 0 radical (unpaired) electrons. The number of esters is 1. The minimum absolute atomic E-state index is 0.123. The van der Waals surface area contributed by atoms with Gasteiger partial charge >= 0.3 is 5.97 Å². The molecular weight excluding hydrogens is 204 g/mol. The maximum Gasteiger partial charge on any atom is 0.319 e. The van der Waals surface area contributed by atoms with Crippen molar-refractivity contribution in [3.8, 4) is 0 Å². The molecule has 1 N–H and O–H groups in total. The van der Waals surface area contributed by atoms with Crippen LogP contribution in [0.2, 0.25) is 0 Å². The van der Waals surface area contributed by atoms with Crippen molar-refractivity contribution in [2.45, 2.75) is 38.6 Å². The van der Waals surface area contributed by atoms with Crippen LogP contribution in [0.1, 0.15) is 32.6 Å². The van der Waals surface area contributed by atoms with Crippen molar-refractivity contribution in [3.63, 3.8) is 0 Å². The highest BCUT2D eigenvalue weighted by Crippen LogP contribution is 2.16. The van der Waals surface area contributed by atoms with Crippen molar-refractivity contribution in [1.82, 2.24) is 10.2 Å². The van der Waals surface area contributed by atoms with Crippen LogP contribution in [0, 0.1) is 0 Å². The third-order valence-electron chi connectivity index (χ3n) is 3.12. The number of rotatable bonds is 6. The summed E-state index contributed by atoms with van der Waals surface area (Å²) in [6, 6.07) is 0.499. The van der Waals surface area contributed by atoms with Crippen LogP contribution in [0.15, 0.2) is 0 Å². The topological polar surface area (TPSA) is 41.6 Å². The van der Waals surface area contributed by atoms with Crippen LogP contribution in [0.25, 0.3) is 0 Å². The van der Waals surface area contributed by atoms with Gasteiger partial charge in [-0.05, 0) is 32.4 Å². The highest BCUT2D eigenvalue weighted by molar-refractivity contribution is 5.71. The average molecular weight is 228 g/mol. The number of hydrogen-bond acceptors (Lipinski definition) is 4. The number of methoxy groups -OCH3 is 1. The van der Waals surface area contributed by atoms with Crippen LogP contribution in [-0.2, 0) is 9.53 Å². The summed E-state index contributed by atoms with van der Waals surface area (Å²) in [6.45, 7) is 5.68. The van der Waals surface area contributed by atoms with E-state index in [1.807, 2.05) is 0 Å². The molecule has 1 unspecified atom stereocenters. The molecule has 1 atom stereocenters. The van der Waals surface area contributed by atoms with Gasteiger partial charge in [0.15, 0.2) is 0 Å². The highest BCUT2D eigenvalue weighted by Gasteiger charge is 2.23. The zero-order chi connectivity index (χ0) is 11.8. The Balaban J connectivity index is 2.34. The number of piperidine rings is 1. The Morgan fingerprint density at radius 2 is 2.31 bits per heavy atom. The van der Waals surface area contributed by atoms with E-state index >= 15 is 0 Å². The minimum Gasteiger partial charge on any atom is -0.468 e. The molecule has 0 aromatic heterocycles. The van der Waals surface area contributed by atoms with Gasteiger partial charge in [0.1, 0.15) is 0 Å². The molecule has 0 saturated carbocycles. The fourth-order valence-electron chi connectivity index (χ4n) is 2.18. The summed E-state index contributed by atoms with van der Waals surface area (Å²) < 4.78 is 4.73. The van der Waals surface area contributed by atoms with Crippen LogP contribution in [0.5, 0.6) is 0 Å². The molecule has 1 aliphatic rings. The summed E-state index contributed by atoms with van der Waals surface area (Å²) in [7, 11) is 1.45. The molecule has 0 bridgehead atoms. The van der Waals surface area contributed by atoms with Crippen molar-refractivity contribution in [1.29, 1.82) is 0 Å². The molecule has 1 heterocycles. The van der Waals surface area contributed by atoms with Gasteiger partial charge in [0.05, 0.1) is 13.7 Å². The Morgan fingerprint density at radius 1 is 1.50 bits per heavy atom. The average Bonchev–Trinajstić information content (AvgIpc) is 2.31. The lowest BCUT2D eigenvalue weighted by atomic mass is 10.0. The Kier molecular flexibility index (Phi) is 6.42. The van der Waals surface area contributed by atoms with Crippen molar-refractivity contribution in [2.24, 2.45) is 0 Å². The molecule has 1 aliphatic heterocycles. The summed E-state index contributed by atoms with van der Waals surface area (Å²) in [5, 5.41) is 3.43. The molecule has 0 aromatic rings. The molecule has 0 aromatic carbocycles. The van der Waals surface area contributed by atoms with Crippen LogP contribution in [0.4, 0.5) is 0 Å². The minimum atomic E-state index is -0.123. The number of carbonyl (C=O) groups is 1. The first kappa shape index (κ1) is 13.5. The fraction of sp³-hybridized carbons (Fsp3) is 0.917. The Hall–Kier alpha value is -0.610. The van der Waals surface area contributed by atoms with Crippen LogP contribution in [0.3, 0.4) is 0 Å². The van der Waals surface area contributed by atoms with Crippen LogP contribution < -0.4 is 5.32 Å². The van der Waals surface area contributed by atoms with Gasteiger partial charge in [-0.3, -0.25) is 9.69 Å². The summed E-state index contributed by atoms with van der Waals surface area (Å²) >= 11 is 0. The van der Waals surface area contributed by atoms with Gasteiger partial charge in [-0.15, -0.1) is 0 Å². The molecule has 4 nitrogen and oxygen atoms in total. The third kappa shape index (κ3) is 4.49. The van der Waals surface area contributed by atoms with Gasteiger partial charge < -0.3 is 10.1 Å². The summed E-state index contributed by atoms with van der Waals surface area (Å²) in [5.74, 6) is -0.123. The predicted molar refractivity (Wildman–Crippen MR) is 64.4 cm³/mol. The predicted octanol–water partition coefficient (Wildman–Crippen LogP) is 1.01. The zero-order valence-electron chi connectivity index (χ0n) is 10.5. The Bertz CT molecular complexity index is 209. The molecule has 1 fully saturated rings. The molecule has 1 rings (SSSR count). The third-order valence-corrected chi connectivity index (χ3v) is 3.12.